The average molecular weight is 330 g/mol. The lowest BCUT2D eigenvalue weighted by molar-refractivity contribution is 0.626. The van der Waals surface area contributed by atoms with E-state index in [0.717, 1.165) is 18.4 Å². The molecule has 0 amide bonds. The zero-order valence-corrected chi connectivity index (χ0v) is 14.4. The maximum atomic E-state index is 12.9. The van der Waals surface area contributed by atoms with Gasteiger partial charge in [0.2, 0.25) is 0 Å². The van der Waals surface area contributed by atoms with Crippen molar-refractivity contribution in [2.75, 3.05) is 0 Å². The first kappa shape index (κ1) is 17.4. The molecule has 2 rings (SSSR count). The monoisotopic (exact) mass is 330 g/mol. The van der Waals surface area contributed by atoms with Gasteiger partial charge in [0.05, 0.1) is 6.04 Å². The van der Waals surface area contributed by atoms with E-state index in [0.29, 0.717) is 11.7 Å². The molecule has 2 N–H and O–H groups in total. The molecule has 0 fully saturated rings. The lowest BCUT2D eigenvalue weighted by atomic mass is 10.0. The summed E-state index contributed by atoms with van der Waals surface area (Å²) in [5, 5.41) is 7.02. The molecule has 0 aliphatic carbocycles. The Balaban J connectivity index is 1.82. The lowest BCUT2D eigenvalue weighted by Gasteiger charge is -2.18. The van der Waals surface area contributed by atoms with Crippen molar-refractivity contribution in [1.29, 1.82) is 0 Å². The second-order valence-electron chi connectivity index (χ2n) is 5.67. The zero-order valence-electron chi connectivity index (χ0n) is 13.6. The van der Waals surface area contributed by atoms with Gasteiger partial charge in [-0.3, -0.25) is 0 Å². The summed E-state index contributed by atoms with van der Waals surface area (Å²) >= 11 is 5.33. The Morgan fingerprint density at radius 2 is 1.65 bits per heavy atom. The highest BCUT2D eigenvalue weighted by Crippen LogP contribution is 2.14. The van der Waals surface area contributed by atoms with Crippen LogP contribution < -0.4 is 10.6 Å². The van der Waals surface area contributed by atoms with E-state index in [1.807, 2.05) is 0 Å². The van der Waals surface area contributed by atoms with Gasteiger partial charge in [-0.25, -0.2) is 4.39 Å². The van der Waals surface area contributed by atoms with E-state index in [1.54, 1.807) is 12.1 Å². The maximum Gasteiger partial charge on any atom is 0.167 e. The van der Waals surface area contributed by atoms with Crippen LogP contribution in [0.15, 0.2) is 48.5 Å². The van der Waals surface area contributed by atoms with Crippen LogP contribution >= 0.6 is 12.2 Å². The van der Waals surface area contributed by atoms with Crippen LogP contribution in [-0.4, -0.2) is 5.11 Å². The third-order valence-electron chi connectivity index (χ3n) is 3.73. The molecule has 0 radical (unpaired) electrons. The molecule has 2 aromatic carbocycles. The van der Waals surface area contributed by atoms with Crippen LogP contribution in [0.4, 0.5) is 4.39 Å². The standard InChI is InChI=1S/C19H23FN2S/c1-3-4-15-5-9-17(10-6-15)14(2)22-19(23)21-13-16-7-11-18(20)12-8-16/h5-12,14H,3-4,13H2,1-2H3,(H2,21,22,23)/t14-/m0/s1. The Labute approximate surface area is 143 Å². The first-order valence-corrected chi connectivity index (χ1v) is 8.37. The van der Waals surface area contributed by atoms with E-state index < -0.39 is 0 Å². The largest absolute Gasteiger partial charge is 0.359 e. The van der Waals surface area contributed by atoms with Crippen molar-refractivity contribution in [2.45, 2.75) is 39.3 Å². The van der Waals surface area contributed by atoms with Crippen LogP contribution in [-0.2, 0) is 13.0 Å². The van der Waals surface area contributed by atoms with Crippen LogP contribution in [0.3, 0.4) is 0 Å². The minimum Gasteiger partial charge on any atom is -0.359 e. The number of rotatable bonds is 6. The summed E-state index contributed by atoms with van der Waals surface area (Å²) in [6.45, 7) is 4.85. The van der Waals surface area contributed by atoms with Crippen LogP contribution in [0.2, 0.25) is 0 Å². The molecule has 0 aliphatic rings. The molecule has 0 saturated carbocycles. The molecule has 0 heterocycles. The number of nitrogens with one attached hydrogen (secondary N) is 2. The molecule has 2 nitrogen and oxygen atoms in total. The predicted octanol–water partition coefficient (Wildman–Crippen LogP) is 4.50. The van der Waals surface area contributed by atoms with E-state index in [4.69, 9.17) is 12.2 Å². The lowest BCUT2D eigenvalue weighted by Crippen LogP contribution is -2.36. The van der Waals surface area contributed by atoms with Crippen LogP contribution in [0.5, 0.6) is 0 Å². The summed E-state index contributed by atoms with van der Waals surface area (Å²) in [7, 11) is 0. The van der Waals surface area contributed by atoms with Crippen LogP contribution in [0.1, 0.15) is 43.0 Å². The van der Waals surface area contributed by atoms with Crippen molar-refractivity contribution < 1.29 is 4.39 Å². The molecular weight excluding hydrogens is 307 g/mol. The number of hydrogen-bond donors (Lipinski definition) is 2. The van der Waals surface area contributed by atoms with Gasteiger partial charge >= 0.3 is 0 Å². The normalized spacial score (nSPS) is 11.8. The summed E-state index contributed by atoms with van der Waals surface area (Å²) in [4.78, 5) is 0. The van der Waals surface area contributed by atoms with E-state index >= 15 is 0 Å². The van der Waals surface area contributed by atoms with Crippen molar-refractivity contribution in [2.24, 2.45) is 0 Å². The van der Waals surface area contributed by atoms with Crippen molar-refractivity contribution in [3.8, 4) is 0 Å². The first-order valence-electron chi connectivity index (χ1n) is 7.96. The molecule has 0 aliphatic heterocycles. The Morgan fingerprint density at radius 3 is 2.26 bits per heavy atom. The minimum atomic E-state index is -0.227. The number of hydrogen-bond acceptors (Lipinski definition) is 1. The molecule has 2 aromatic rings. The summed E-state index contributed by atoms with van der Waals surface area (Å²) < 4.78 is 12.9. The number of halogens is 1. The zero-order chi connectivity index (χ0) is 16.7. The maximum absolute atomic E-state index is 12.9. The fraction of sp³-hybridized carbons (Fsp3) is 0.316. The third-order valence-corrected chi connectivity index (χ3v) is 3.99. The molecule has 0 bridgehead atoms. The van der Waals surface area contributed by atoms with Gasteiger partial charge in [-0.2, -0.15) is 0 Å². The average Bonchev–Trinajstić information content (AvgIpc) is 2.55. The van der Waals surface area contributed by atoms with Gasteiger partial charge < -0.3 is 10.6 Å². The van der Waals surface area contributed by atoms with Gasteiger partial charge in [0, 0.05) is 6.54 Å². The highest BCUT2D eigenvalue weighted by atomic mass is 32.1. The SMILES string of the molecule is CCCc1ccc([C@H](C)NC(=S)NCc2ccc(F)cc2)cc1. The summed E-state index contributed by atoms with van der Waals surface area (Å²) in [6.07, 6.45) is 2.27. The topological polar surface area (TPSA) is 24.1 Å². The molecule has 0 saturated heterocycles. The van der Waals surface area contributed by atoms with Crippen molar-refractivity contribution in [1.82, 2.24) is 10.6 Å². The third kappa shape index (κ3) is 5.64. The van der Waals surface area contributed by atoms with Gasteiger partial charge in [-0.15, -0.1) is 0 Å². The highest BCUT2D eigenvalue weighted by Gasteiger charge is 2.07. The summed E-state index contributed by atoms with van der Waals surface area (Å²) in [5.41, 5.74) is 3.56. The first-order chi connectivity index (χ1) is 11.1. The predicted molar refractivity (Wildman–Crippen MR) is 97.8 cm³/mol. The van der Waals surface area contributed by atoms with Gasteiger partial charge in [0.15, 0.2) is 5.11 Å². The van der Waals surface area contributed by atoms with Gasteiger partial charge in [0.25, 0.3) is 0 Å². The number of benzene rings is 2. The Kier molecular flexibility index (Phi) is 6.53. The molecule has 4 heteroatoms. The second kappa shape index (κ2) is 8.63. The quantitative estimate of drug-likeness (QED) is 0.762. The van der Waals surface area contributed by atoms with Crippen molar-refractivity contribution >= 4 is 17.3 Å². The van der Waals surface area contributed by atoms with E-state index in [9.17, 15) is 4.39 Å². The fourth-order valence-corrected chi connectivity index (χ4v) is 2.63. The number of thiocarbonyl (C=S) groups is 1. The molecule has 122 valence electrons. The molecule has 23 heavy (non-hydrogen) atoms. The van der Waals surface area contributed by atoms with E-state index in [-0.39, 0.29) is 11.9 Å². The van der Waals surface area contributed by atoms with E-state index in [1.165, 1.54) is 23.3 Å². The fourth-order valence-electron chi connectivity index (χ4n) is 2.38. The molecule has 0 spiro atoms. The highest BCUT2D eigenvalue weighted by molar-refractivity contribution is 7.80. The minimum absolute atomic E-state index is 0.138. The van der Waals surface area contributed by atoms with Crippen molar-refractivity contribution in [3.63, 3.8) is 0 Å². The smallest absolute Gasteiger partial charge is 0.167 e. The summed E-state index contributed by atoms with van der Waals surface area (Å²) in [6, 6.07) is 15.2. The molecule has 0 unspecified atom stereocenters. The van der Waals surface area contributed by atoms with Crippen LogP contribution in [0.25, 0.3) is 0 Å². The Hall–Kier alpha value is -1.94. The van der Waals surface area contributed by atoms with Gasteiger partial charge in [0.1, 0.15) is 5.82 Å². The van der Waals surface area contributed by atoms with Gasteiger partial charge in [-0.05, 0) is 54.4 Å². The van der Waals surface area contributed by atoms with Gasteiger partial charge in [-0.1, -0.05) is 49.7 Å². The summed E-state index contributed by atoms with van der Waals surface area (Å²) in [5.74, 6) is -0.227. The Morgan fingerprint density at radius 1 is 1.04 bits per heavy atom. The molecular formula is C19H23FN2S. The second-order valence-corrected chi connectivity index (χ2v) is 6.07. The van der Waals surface area contributed by atoms with Crippen molar-refractivity contribution in [3.05, 3.63) is 71.0 Å². The van der Waals surface area contributed by atoms with Crippen LogP contribution in [0, 0.1) is 5.82 Å². The Bertz CT molecular complexity index is 623. The molecule has 0 aromatic heterocycles. The molecule has 1 atom stereocenters. The van der Waals surface area contributed by atoms with E-state index in [2.05, 4.69) is 48.7 Å². The number of aryl methyl sites for hydroxylation is 1.